The molecule has 120 valence electrons. The maximum atomic E-state index is 11.9. The van der Waals surface area contributed by atoms with Gasteiger partial charge in [0.1, 0.15) is 18.0 Å². The first-order valence-electron chi connectivity index (χ1n) is 7.93. The number of esters is 1. The van der Waals surface area contributed by atoms with Gasteiger partial charge in [-0.3, -0.25) is 4.90 Å². The Bertz CT molecular complexity index is 554. The molecule has 0 aromatic heterocycles. The molecule has 0 amide bonds. The SMILES string of the molecule is CCC1(C)OC(=O)c2ccc(OCCN3CCOCC3)cc21. The smallest absolute Gasteiger partial charge is 0.339 e. The van der Waals surface area contributed by atoms with Gasteiger partial charge in [-0.2, -0.15) is 0 Å². The number of carbonyl (C=O) groups excluding carboxylic acids is 1. The standard InChI is InChI=1S/C17H23NO4/c1-3-17(2)15-12-13(4-5-14(15)16(19)22-17)21-11-8-18-6-9-20-10-7-18/h4-5,12H,3,6-11H2,1-2H3. The minimum atomic E-state index is -0.532. The Balaban J connectivity index is 1.63. The zero-order chi connectivity index (χ0) is 15.6. The van der Waals surface area contributed by atoms with Crippen LogP contribution in [0.25, 0.3) is 0 Å². The lowest BCUT2D eigenvalue weighted by Crippen LogP contribution is -2.38. The zero-order valence-corrected chi connectivity index (χ0v) is 13.3. The van der Waals surface area contributed by atoms with Crippen LogP contribution in [0.5, 0.6) is 5.75 Å². The van der Waals surface area contributed by atoms with Crippen molar-refractivity contribution in [3.63, 3.8) is 0 Å². The highest BCUT2D eigenvalue weighted by atomic mass is 16.6. The van der Waals surface area contributed by atoms with Crippen molar-refractivity contribution in [2.75, 3.05) is 39.5 Å². The number of morpholine rings is 1. The van der Waals surface area contributed by atoms with Gasteiger partial charge in [0.2, 0.25) is 0 Å². The number of hydrogen-bond acceptors (Lipinski definition) is 5. The fourth-order valence-electron chi connectivity index (χ4n) is 2.92. The van der Waals surface area contributed by atoms with E-state index in [1.807, 2.05) is 32.0 Å². The van der Waals surface area contributed by atoms with Crippen LogP contribution < -0.4 is 4.74 Å². The molecule has 0 radical (unpaired) electrons. The van der Waals surface area contributed by atoms with E-state index in [4.69, 9.17) is 14.2 Å². The van der Waals surface area contributed by atoms with E-state index < -0.39 is 5.60 Å². The largest absolute Gasteiger partial charge is 0.492 e. The van der Waals surface area contributed by atoms with Gasteiger partial charge < -0.3 is 14.2 Å². The normalized spacial score (nSPS) is 24.9. The number of hydrogen-bond donors (Lipinski definition) is 0. The summed E-state index contributed by atoms with van der Waals surface area (Å²) in [5.41, 5.74) is 1.06. The van der Waals surface area contributed by atoms with Crippen LogP contribution in [0.4, 0.5) is 0 Å². The van der Waals surface area contributed by atoms with Crippen LogP contribution in [0.3, 0.4) is 0 Å². The number of nitrogens with zero attached hydrogens (tertiary/aromatic N) is 1. The van der Waals surface area contributed by atoms with Gasteiger partial charge in [0, 0.05) is 25.2 Å². The molecule has 1 aromatic carbocycles. The maximum absolute atomic E-state index is 11.9. The third kappa shape index (κ3) is 2.96. The minimum absolute atomic E-state index is 0.237. The van der Waals surface area contributed by atoms with Crippen LogP contribution in [0.15, 0.2) is 18.2 Å². The number of cyclic esters (lactones) is 1. The molecule has 1 unspecified atom stereocenters. The molecular formula is C17H23NO4. The van der Waals surface area contributed by atoms with Crippen LogP contribution in [0, 0.1) is 0 Å². The van der Waals surface area contributed by atoms with Crippen molar-refractivity contribution in [3.8, 4) is 5.75 Å². The summed E-state index contributed by atoms with van der Waals surface area (Å²) in [6.07, 6.45) is 0.753. The predicted molar refractivity (Wildman–Crippen MR) is 82.3 cm³/mol. The highest BCUT2D eigenvalue weighted by Crippen LogP contribution is 2.40. The second-order valence-electron chi connectivity index (χ2n) is 5.98. The van der Waals surface area contributed by atoms with E-state index >= 15 is 0 Å². The molecule has 3 rings (SSSR count). The number of ether oxygens (including phenoxy) is 3. The molecule has 0 N–H and O–H groups in total. The number of benzene rings is 1. The quantitative estimate of drug-likeness (QED) is 0.781. The van der Waals surface area contributed by atoms with E-state index in [9.17, 15) is 4.79 Å². The number of carbonyl (C=O) groups is 1. The van der Waals surface area contributed by atoms with Crippen molar-refractivity contribution in [1.82, 2.24) is 4.90 Å². The van der Waals surface area contributed by atoms with Crippen molar-refractivity contribution in [3.05, 3.63) is 29.3 Å². The summed E-state index contributed by atoms with van der Waals surface area (Å²) in [6.45, 7) is 9.02. The molecule has 1 aromatic rings. The molecule has 0 saturated carbocycles. The molecule has 2 aliphatic rings. The van der Waals surface area contributed by atoms with E-state index in [2.05, 4.69) is 4.90 Å². The molecule has 0 bridgehead atoms. The van der Waals surface area contributed by atoms with E-state index in [1.165, 1.54) is 0 Å². The third-order valence-electron chi connectivity index (χ3n) is 4.55. The Morgan fingerprint density at radius 3 is 2.82 bits per heavy atom. The van der Waals surface area contributed by atoms with Crippen molar-refractivity contribution < 1.29 is 19.0 Å². The fourth-order valence-corrected chi connectivity index (χ4v) is 2.92. The first kappa shape index (κ1) is 15.3. The highest BCUT2D eigenvalue weighted by molar-refractivity contribution is 5.94. The molecule has 1 saturated heterocycles. The van der Waals surface area contributed by atoms with Crippen molar-refractivity contribution in [2.24, 2.45) is 0 Å². The van der Waals surface area contributed by atoms with Gasteiger partial charge in [-0.05, 0) is 31.5 Å². The van der Waals surface area contributed by atoms with Crippen molar-refractivity contribution in [2.45, 2.75) is 25.9 Å². The Labute approximate surface area is 131 Å². The van der Waals surface area contributed by atoms with E-state index in [-0.39, 0.29) is 5.97 Å². The number of rotatable bonds is 5. The van der Waals surface area contributed by atoms with Crippen molar-refractivity contribution in [1.29, 1.82) is 0 Å². The lowest BCUT2D eigenvalue weighted by molar-refractivity contribution is -0.000865. The molecule has 22 heavy (non-hydrogen) atoms. The minimum Gasteiger partial charge on any atom is -0.492 e. The molecule has 2 aliphatic heterocycles. The monoisotopic (exact) mass is 305 g/mol. The molecule has 2 heterocycles. The first-order chi connectivity index (χ1) is 10.6. The Morgan fingerprint density at radius 1 is 1.32 bits per heavy atom. The Morgan fingerprint density at radius 2 is 2.09 bits per heavy atom. The second-order valence-corrected chi connectivity index (χ2v) is 5.98. The van der Waals surface area contributed by atoms with Gasteiger partial charge in [0.05, 0.1) is 18.8 Å². The van der Waals surface area contributed by atoms with E-state index in [1.54, 1.807) is 0 Å². The Hall–Kier alpha value is -1.59. The molecule has 0 spiro atoms. The molecule has 5 nitrogen and oxygen atoms in total. The van der Waals surface area contributed by atoms with Crippen molar-refractivity contribution >= 4 is 5.97 Å². The maximum Gasteiger partial charge on any atom is 0.339 e. The molecule has 1 fully saturated rings. The fraction of sp³-hybridized carbons (Fsp3) is 0.588. The zero-order valence-electron chi connectivity index (χ0n) is 13.3. The first-order valence-corrected chi connectivity index (χ1v) is 7.93. The van der Waals surface area contributed by atoms with Crippen LogP contribution in [-0.4, -0.2) is 50.3 Å². The van der Waals surface area contributed by atoms with E-state index in [0.717, 1.165) is 50.6 Å². The summed E-state index contributed by atoms with van der Waals surface area (Å²) in [6, 6.07) is 5.60. The molecule has 0 aliphatic carbocycles. The van der Waals surface area contributed by atoms with Gasteiger partial charge in [-0.1, -0.05) is 6.92 Å². The summed E-state index contributed by atoms with van der Waals surface area (Å²) >= 11 is 0. The summed E-state index contributed by atoms with van der Waals surface area (Å²) in [5, 5.41) is 0. The van der Waals surface area contributed by atoms with Crippen LogP contribution in [0.1, 0.15) is 36.2 Å². The van der Waals surface area contributed by atoms with Crippen LogP contribution >= 0.6 is 0 Å². The summed E-state index contributed by atoms with van der Waals surface area (Å²) in [7, 11) is 0. The van der Waals surface area contributed by atoms with Crippen LogP contribution in [-0.2, 0) is 15.1 Å². The van der Waals surface area contributed by atoms with Gasteiger partial charge in [-0.15, -0.1) is 0 Å². The second kappa shape index (κ2) is 6.26. The summed E-state index contributed by atoms with van der Waals surface area (Å²) < 4.78 is 16.7. The van der Waals surface area contributed by atoms with Crippen LogP contribution in [0.2, 0.25) is 0 Å². The third-order valence-corrected chi connectivity index (χ3v) is 4.55. The van der Waals surface area contributed by atoms with E-state index in [0.29, 0.717) is 12.2 Å². The van der Waals surface area contributed by atoms with Gasteiger partial charge in [0.15, 0.2) is 0 Å². The highest BCUT2D eigenvalue weighted by Gasteiger charge is 2.40. The average molecular weight is 305 g/mol. The summed E-state index contributed by atoms with van der Waals surface area (Å²) in [5.74, 6) is 0.559. The topological polar surface area (TPSA) is 48.0 Å². The summed E-state index contributed by atoms with van der Waals surface area (Å²) in [4.78, 5) is 14.2. The van der Waals surface area contributed by atoms with Gasteiger partial charge in [0.25, 0.3) is 0 Å². The average Bonchev–Trinajstić information content (AvgIpc) is 2.80. The lowest BCUT2D eigenvalue weighted by atomic mass is 9.92. The Kier molecular flexibility index (Phi) is 4.36. The van der Waals surface area contributed by atoms with Gasteiger partial charge in [-0.25, -0.2) is 4.79 Å². The predicted octanol–water partition coefficient (Wildman–Crippen LogP) is 2.19. The molecule has 5 heteroatoms. The lowest BCUT2D eigenvalue weighted by Gasteiger charge is -2.26. The molecular weight excluding hydrogens is 282 g/mol. The molecule has 1 atom stereocenters. The van der Waals surface area contributed by atoms with Gasteiger partial charge >= 0.3 is 5.97 Å². The number of fused-ring (bicyclic) bond motifs is 1.